The Morgan fingerprint density at radius 1 is 1.17 bits per heavy atom. The lowest BCUT2D eigenvalue weighted by Crippen LogP contribution is -2.25. The van der Waals surface area contributed by atoms with Crippen LogP contribution in [0.2, 0.25) is 0 Å². The van der Waals surface area contributed by atoms with Gasteiger partial charge in [0.25, 0.3) is 11.6 Å². The van der Waals surface area contributed by atoms with E-state index in [2.05, 4.69) is 5.32 Å². The number of nitrogens with zero attached hydrogens (tertiary/aromatic N) is 1. The fraction of sp³-hybridized carbons (Fsp3) is 0.176. The Bertz CT molecular complexity index is 843. The van der Waals surface area contributed by atoms with Crippen LogP contribution in [0, 0.1) is 10.1 Å². The van der Waals surface area contributed by atoms with E-state index < -0.39 is 10.9 Å². The number of nitro groups is 1. The van der Waals surface area contributed by atoms with Crippen LogP contribution in [-0.2, 0) is 0 Å². The normalized spacial score (nSPS) is 13.3. The molecule has 0 spiro atoms. The van der Waals surface area contributed by atoms with Crippen LogP contribution in [0.3, 0.4) is 0 Å². The summed E-state index contributed by atoms with van der Waals surface area (Å²) in [6.45, 7) is 0. The second kappa shape index (κ2) is 6.11. The van der Waals surface area contributed by atoms with Crippen molar-refractivity contribution in [1.82, 2.24) is 5.32 Å². The minimum absolute atomic E-state index is 0.0552. The highest BCUT2D eigenvalue weighted by atomic mass is 16.6. The van der Waals surface area contributed by atoms with Gasteiger partial charge in [-0.2, -0.15) is 0 Å². The van der Waals surface area contributed by atoms with Gasteiger partial charge in [0, 0.05) is 29.3 Å². The van der Waals surface area contributed by atoms with Crippen LogP contribution in [-0.4, -0.2) is 27.9 Å². The average Bonchev–Trinajstić information content (AvgIpc) is 3.38. The van der Waals surface area contributed by atoms with E-state index in [-0.39, 0.29) is 28.8 Å². The molecule has 0 bridgehead atoms. The Morgan fingerprint density at radius 3 is 2.54 bits per heavy atom. The summed E-state index contributed by atoms with van der Waals surface area (Å²) in [4.78, 5) is 33.9. The summed E-state index contributed by atoms with van der Waals surface area (Å²) in [6.07, 6.45) is 1.92. The van der Waals surface area contributed by atoms with E-state index in [9.17, 15) is 24.8 Å². The molecular formula is C17H14N2O5. The molecule has 24 heavy (non-hydrogen) atoms. The number of carbonyl (C=O) groups is 2. The molecule has 2 aromatic rings. The number of benzene rings is 2. The maximum Gasteiger partial charge on any atom is 0.336 e. The topological polar surface area (TPSA) is 110 Å². The number of nitrogens with one attached hydrogen (secondary N) is 1. The number of rotatable bonds is 5. The molecule has 1 amide bonds. The zero-order valence-electron chi connectivity index (χ0n) is 12.6. The van der Waals surface area contributed by atoms with Crippen molar-refractivity contribution in [1.29, 1.82) is 0 Å². The van der Waals surface area contributed by atoms with Gasteiger partial charge in [0.1, 0.15) is 0 Å². The van der Waals surface area contributed by atoms with E-state index in [1.165, 1.54) is 12.1 Å². The van der Waals surface area contributed by atoms with Gasteiger partial charge in [-0.05, 0) is 36.6 Å². The molecule has 0 heterocycles. The Balaban J connectivity index is 2.03. The summed E-state index contributed by atoms with van der Waals surface area (Å²) in [7, 11) is 0. The van der Waals surface area contributed by atoms with Gasteiger partial charge in [0.15, 0.2) is 0 Å². The predicted octanol–water partition coefficient (Wildman–Crippen LogP) is 2.85. The summed E-state index contributed by atoms with van der Waals surface area (Å²) in [6, 6.07) is 10.2. The minimum Gasteiger partial charge on any atom is -0.478 e. The molecule has 7 nitrogen and oxygen atoms in total. The maximum absolute atomic E-state index is 12.1. The van der Waals surface area contributed by atoms with Crippen LogP contribution in [0.5, 0.6) is 0 Å². The predicted molar refractivity (Wildman–Crippen MR) is 86.0 cm³/mol. The van der Waals surface area contributed by atoms with E-state index in [0.717, 1.165) is 18.9 Å². The van der Waals surface area contributed by atoms with Crippen molar-refractivity contribution in [2.45, 2.75) is 18.9 Å². The van der Waals surface area contributed by atoms with Gasteiger partial charge in [0.05, 0.1) is 10.5 Å². The van der Waals surface area contributed by atoms with Gasteiger partial charge in [-0.15, -0.1) is 0 Å². The van der Waals surface area contributed by atoms with E-state index in [1.54, 1.807) is 24.3 Å². The van der Waals surface area contributed by atoms with Crippen LogP contribution < -0.4 is 5.32 Å². The number of hydrogen-bond acceptors (Lipinski definition) is 4. The van der Waals surface area contributed by atoms with Gasteiger partial charge in [-0.25, -0.2) is 4.79 Å². The summed E-state index contributed by atoms with van der Waals surface area (Å²) in [5.41, 5.74) is 0.780. The third-order valence-electron chi connectivity index (χ3n) is 3.79. The van der Waals surface area contributed by atoms with Gasteiger partial charge in [-0.1, -0.05) is 12.1 Å². The second-order valence-corrected chi connectivity index (χ2v) is 5.62. The number of non-ortho nitro benzene ring substituents is 1. The average molecular weight is 326 g/mol. The van der Waals surface area contributed by atoms with Crippen LogP contribution in [0.1, 0.15) is 33.6 Å². The Kier molecular flexibility index (Phi) is 3.99. The molecule has 2 aromatic carbocycles. The smallest absolute Gasteiger partial charge is 0.336 e. The van der Waals surface area contributed by atoms with Gasteiger partial charge in [-0.3, -0.25) is 14.9 Å². The lowest BCUT2D eigenvalue weighted by molar-refractivity contribution is -0.384. The molecule has 0 atom stereocenters. The number of carbonyl (C=O) groups excluding carboxylic acids is 1. The molecule has 122 valence electrons. The minimum atomic E-state index is -1.19. The highest BCUT2D eigenvalue weighted by Gasteiger charge is 2.24. The zero-order chi connectivity index (χ0) is 17.3. The first kappa shape index (κ1) is 15.7. The molecule has 1 aliphatic rings. The first-order valence-electron chi connectivity index (χ1n) is 7.39. The highest BCUT2D eigenvalue weighted by Crippen LogP contribution is 2.29. The van der Waals surface area contributed by atoms with Crippen molar-refractivity contribution >= 4 is 17.6 Å². The number of carboxylic acid groups (broad SMARTS) is 1. The third-order valence-corrected chi connectivity index (χ3v) is 3.79. The Morgan fingerprint density at radius 2 is 1.92 bits per heavy atom. The first-order chi connectivity index (χ1) is 11.5. The van der Waals surface area contributed by atoms with E-state index >= 15 is 0 Å². The van der Waals surface area contributed by atoms with Gasteiger partial charge < -0.3 is 10.4 Å². The largest absolute Gasteiger partial charge is 0.478 e. The summed E-state index contributed by atoms with van der Waals surface area (Å²) >= 11 is 0. The molecule has 0 unspecified atom stereocenters. The summed E-state index contributed by atoms with van der Waals surface area (Å²) < 4.78 is 0. The molecule has 0 aliphatic heterocycles. The lowest BCUT2D eigenvalue weighted by Gasteiger charge is -2.09. The molecule has 0 aromatic heterocycles. The molecule has 0 saturated heterocycles. The maximum atomic E-state index is 12.1. The summed E-state index contributed by atoms with van der Waals surface area (Å²) in [5.74, 6) is -1.42. The standard InChI is InChI=1S/C17H14N2O5/c20-16(18-12-4-5-12)11-3-1-2-10(8-11)15-9-13(19(23)24)6-7-14(15)17(21)22/h1-3,6-9,12H,4-5H2,(H,18,20)(H,21,22). The van der Waals surface area contributed by atoms with Crippen LogP contribution >= 0.6 is 0 Å². The number of carboxylic acids is 1. The van der Waals surface area contributed by atoms with E-state index in [0.29, 0.717) is 11.1 Å². The molecule has 1 saturated carbocycles. The first-order valence-corrected chi connectivity index (χ1v) is 7.39. The summed E-state index contributed by atoms with van der Waals surface area (Å²) in [5, 5.41) is 23.1. The molecule has 0 radical (unpaired) electrons. The van der Waals surface area contributed by atoms with Crippen LogP contribution in [0.25, 0.3) is 11.1 Å². The lowest BCUT2D eigenvalue weighted by atomic mass is 9.97. The van der Waals surface area contributed by atoms with Gasteiger partial charge in [0.2, 0.25) is 0 Å². The molecule has 3 rings (SSSR count). The van der Waals surface area contributed by atoms with Crippen molar-refractivity contribution in [2.24, 2.45) is 0 Å². The molecule has 2 N–H and O–H groups in total. The molecule has 1 aliphatic carbocycles. The SMILES string of the molecule is O=C(NC1CC1)c1cccc(-c2cc([N+](=O)[O-])ccc2C(=O)O)c1. The van der Waals surface area contributed by atoms with Crippen LogP contribution in [0.15, 0.2) is 42.5 Å². The third kappa shape index (κ3) is 3.24. The second-order valence-electron chi connectivity index (χ2n) is 5.62. The van der Waals surface area contributed by atoms with Crippen LogP contribution in [0.4, 0.5) is 5.69 Å². The Hall–Kier alpha value is -3.22. The molecule has 1 fully saturated rings. The number of nitro benzene ring substituents is 1. The van der Waals surface area contributed by atoms with Crippen molar-refractivity contribution in [2.75, 3.05) is 0 Å². The molecule has 7 heteroatoms. The number of amides is 1. The molecular weight excluding hydrogens is 312 g/mol. The van der Waals surface area contributed by atoms with Crippen molar-refractivity contribution in [3.63, 3.8) is 0 Å². The zero-order valence-corrected chi connectivity index (χ0v) is 12.6. The highest BCUT2D eigenvalue weighted by molar-refractivity contribution is 5.99. The quantitative estimate of drug-likeness (QED) is 0.648. The number of hydrogen-bond donors (Lipinski definition) is 2. The van der Waals surface area contributed by atoms with Crippen molar-refractivity contribution < 1.29 is 19.6 Å². The van der Waals surface area contributed by atoms with Gasteiger partial charge >= 0.3 is 5.97 Å². The monoisotopic (exact) mass is 326 g/mol. The van der Waals surface area contributed by atoms with Crippen molar-refractivity contribution in [3.05, 3.63) is 63.7 Å². The fourth-order valence-corrected chi connectivity index (χ4v) is 2.40. The fourth-order valence-electron chi connectivity index (χ4n) is 2.40. The van der Waals surface area contributed by atoms with E-state index in [1.807, 2.05) is 0 Å². The van der Waals surface area contributed by atoms with E-state index in [4.69, 9.17) is 0 Å². The van der Waals surface area contributed by atoms with Crippen molar-refractivity contribution in [3.8, 4) is 11.1 Å². The number of aromatic carboxylic acids is 1. The Labute approximate surface area is 137 Å².